The molecule has 1 heterocycles. The van der Waals surface area contributed by atoms with E-state index in [-0.39, 0.29) is 24.5 Å². The van der Waals surface area contributed by atoms with Gasteiger partial charge in [0.15, 0.2) is 0 Å². The van der Waals surface area contributed by atoms with Crippen LogP contribution in [0.5, 0.6) is 0 Å². The molecule has 1 aliphatic heterocycles. The van der Waals surface area contributed by atoms with Gasteiger partial charge in [0, 0.05) is 13.5 Å². The zero-order valence-corrected chi connectivity index (χ0v) is 8.16. The average Bonchev–Trinajstić information content (AvgIpc) is 2.15. The number of ether oxygens (including phenoxy) is 1. The molecular formula is C9H15NO4. The van der Waals surface area contributed by atoms with E-state index < -0.39 is 5.97 Å². The van der Waals surface area contributed by atoms with E-state index in [1.54, 1.807) is 0 Å². The average molecular weight is 201 g/mol. The van der Waals surface area contributed by atoms with E-state index in [1.807, 2.05) is 0 Å². The summed E-state index contributed by atoms with van der Waals surface area (Å²) >= 11 is 0. The van der Waals surface area contributed by atoms with Crippen molar-refractivity contribution in [1.29, 1.82) is 0 Å². The van der Waals surface area contributed by atoms with Gasteiger partial charge < -0.3 is 15.2 Å². The Morgan fingerprint density at radius 2 is 2.21 bits per heavy atom. The second-order valence-corrected chi connectivity index (χ2v) is 3.50. The van der Waals surface area contributed by atoms with Gasteiger partial charge >= 0.3 is 5.97 Å². The maximum Gasteiger partial charge on any atom is 0.308 e. The topological polar surface area (TPSA) is 75.6 Å². The molecule has 14 heavy (non-hydrogen) atoms. The fraction of sp³-hybridized carbons (Fsp3) is 0.778. The molecule has 0 aromatic heterocycles. The summed E-state index contributed by atoms with van der Waals surface area (Å²) in [6, 6.07) is 0. The minimum absolute atomic E-state index is 0.0329. The summed E-state index contributed by atoms with van der Waals surface area (Å²) in [5.41, 5.74) is 0. The Morgan fingerprint density at radius 3 is 2.64 bits per heavy atom. The summed E-state index contributed by atoms with van der Waals surface area (Å²) in [6.07, 6.45) is 1.28. The molecule has 1 rings (SSSR count). The third kappa shape index (κ3) is 3.33. The molecule has 0 aromatic rings. The minimum Gasteiger partial charge on any atom is -0.481 e. The smallest absolute Gasteiger partial charge is 0.308 e. The number of nitrogens with one attached hydrogen (secondary N) is 1. The number of rotatable bonds is 3. The van der Waals surface area contributed by atoms with E-state index >= 15 is 0 Å². The number of aliphatic carboxylic acids is 1. The fourth-order valence-corrected chi connectivity index (χ4v) is 1.42. The number of amides is 1. The summed E-state index contributed by atoms with van der Waals surface area (Å²) < 4.78 is 5.31. The second-order valence-electron chi connectivity index (χ2n) is 3.50. The molecule has 1 saturated heterocycles. The van der Waals surface area contributed by atoms with Crippen LogP contribution in [0, 0.1) is 5.92 Å². The lowest BCUT2D eigenvalue weighted by Crippen LogP contribution is -2.38. The summed E-state index contributed by atoms with van der Waals surface area (Å²) in [7, 11) is 0. The Hall–Kier alpha value is -1.10. The maximum absolute atomic E-state index is 10.6. The number of hydrogen-bond donors (Lipinski definition) is 2. The second kappa shape index (κ2) is 4.95. The molecule has 0 aliphatic carbocycles. The van der Waals surface area contributed by atoms with Crippen LogP contribution < -0.4 is 5.32 Å². The van der Waals surface area contributed by atoms with Gasteiger partial charge in [-0.15, -0.1) is 0 Å². The molecular weight excluding hydrogens is 186 g/mol. The van der Waals surface area contributed by atoms with Crippen LogP contribution in [-0.2, 0) is 14.3 Å². The number of carbonyl (C=O) groups is 2. The first-order valence-electron chi connectivity index (χ1n) is 4.68. The molecule has 0 spiro atoms. The van der Waals surface area contributed by atoms with Crippen molar-refractivity contribution in [2.45, 2.75) is 25.9 Å². The van der Waals surface area contributed by atoms with Gasteiger partial charge in [0.25, 0.3) is 0 Å². The van der Waals surface area contributed by atoms with Gasteiger partial charge in [0.2, 0.25) is 5.91 Å². The zero-order chi connectivity index (χ0) is 10.6. The molecule has 80 valence electrons. The van der Waals surface area contributed by atoms with E-state index in [1.165, 1.54) is 6.92 Å². The van der Waals surface area contributed by atoms with Crippen LogP contribution in [0.1, 0.15) is 19.8 Å². The lowest BCUT2D eigenvalue weighted by Gasteiger charge is -2.26. The van der Waals surface area contributed by atoms with Crippen molar-refractivity contribution in [3.63, 3.8) is 0 Å². The highest BCUT2D eigenvalue weighted by molar-refractivity contribution is 5.72. The molecule has 5 heteroatoms. The summed E-state index contributed by atoms with van der Waals surface area (Å²) in [4.78, 5) is 21.2. The first-order valence-corrected chi connectivity index (χ1v) is 4.68. The predicted octanol–water partition coefficient (Wildman–Crippen LogP) is 0.00230. The molecule has 0 bridgehead atoms. The normalized spacial score (nSPS) is 26.9. The van der Waals surface area contributed by atoms with Crippen LogP contribution in [0.3, 0.4) is 0 Å². The van der Waals surface area contributed by atoms with Gasteiger partial charge in [-0.25, -0.2) is 0 Å². The monoisotopic (exact) mass is 201 g/mol. The summed E-state index contributed by atoms with van der Waals surface area (Å²) in [5.74, 6) is -1.28. The number of carbonyl (C=O) groups excluding carboxylic acids is 1. The molecule has 0 saturated carbocycles. The molecule has 1 amide bonds. The third-order valence-corrected chi connectivity index (χ3v) is 2.30. The first kappa shape index (κ1) is 11.0. The van der Waals surface area contributed by atoms with Gasteiger partial charge in [-0.2, -0.15) is 0 Å². The molecule has 2 atom stereocenters. The van der Waals surface area contributed by atoms with E-state index in [4.69, 9.17) is 9.84 Å². The molecule has 2 unspecified atom stereocenters. The van der Waals surface area contributed by atoms with Crippen molar-refractivity contribution in [2.24, 2.45) is 5.92 Å². The van der Waals surface area contributed by atoms with Crippen LogP contribution in [0.25, 0.3) is 0 Å². The predicted molar refractivity (Wildman–Crippen MR) is 48.8 cm³/mol. The van der Waals surface area contributed by atoms with Crippen molar-refractivity contribution in [3.05, 3.63) is 0 Å². The molecule has 1 aliphatic rings. The molecule has 5 nitrogen and oxygen atoms in total. The minimum atomic E-state index is -0.803. The largest absolute Gasteiger partial charge is 0.481 e. The molecule has 1 fully saturated rings. The SMILES string of the molecule is CC(=O)NCC1CCC(C(=O)O)CO1. The van der Waals surface area contributed by atoms with Crippen molar-refractivity contribution in [2.75, 3.05) is 13.2 Å². The van der Waals surface area contributed by atoms with E-state index in [0.717, 1.165) is 0 Å². The maximum atomic E-state index is 10.6. The Bertz CT molecular complexity index is 221. The van der Waals surface area contributed by atoms with Crippen molar-refractivity contribution in [1.82, 2.24) is 5.32 Å². The standard InChI is InChI=1S/C9H15NO4/c1-6(11)10-4-8-3-2-7(5-14-8)9(12)13/h7-8H,2-5H2,1H3,(H,10,11)(H,12,13). The van der Waals surface area contributed by atoms with Crippen LogP contribution in [0.4, 0.5) is 0 Å². The van der Waals surface area contributed by atoms with Crippen LogP contribution in [-0.4, -0.2) is 36.2 Å². The van der Waals surface area contributed by atoms with Gasteiger partial charge in [-0.1, -0.05) is 0 Å². The van der Waals surface area contributed by atoms with Crippen LogP contribution in [0.2, 0.25) is 0 Å². The number of carboxylic acids is 1. The highest BCUT2D eigenvalue weighted by Gasteiger charge is 2.26. The van der Waals surface area contributed by atoms with Crippen LogP contribution >= 0.6 is 0 Å². The van der Waals surface area contributed by atoms with E-state index in [2.05, 4.69) is 5.32 Å². The highest BCUT2D eigenvalue weighted by atomic mass is 16.5. The summed E-state index contributed by atoms with van der Waals surface area (Å²) in [6.45, 7) is 2.17. The van der Waals surface area contributed by atoms with Gasteiger partial charge in [-0.05, 0) is 12.8 Å². The third-order valence-electron chi connectivity index (χ3n) is 2.30. The van der Waals surface area contributed by atoms with Gasteiger partial charge in [-0.3, -0.25) is 9.59 Å². The molecule has 0 radical (unpaired) electrons. The van der Waals surface area contributed by atoms with Crippen molar-refractivity contribution < 1.29 is 19.4 Å². The molecule has 2 N–H and O–H groups in total. The highest BCUT2D eigenvalue weighted by Crippen LogP contribution is 2.18. The fourth-order valence-electron chi connectivity index (χ4n) is 1.42. The Balaban J connectivity index is 2.22. The Morgan fingerprint density at radius 1 is 1.50 bits per heavy atom. The van der Waals surface area contributed by atoms with Crippen molar-refractivity contribution in [3.8, 4) is 0 Å². The van der Waals surface area contributed by atoms with E-state index in [9.17, 15) is 9.59 Å². The first-order chi connectivity index (χ1) is 6.59. The quantitative estimate of drug-likeness (QED) is 0.674. The van der Waals surface area contributed by atoms with Gasteiger partial charge in [0.1, 0.15) is 0 Å². The lowest BCUT2D eigenvalue weighted by atomic mass is 9.99. The Labute approximate surface area is 82.4 Å². The zero-order valence-electron chi connectivity index (χ0n) is 8.16. The molecule has 0 aromatic carbocycles. The van der Waals surface area contributed by atoms with Crippen molar-refractivity contribution >= 4 is 11.9 Å². The van der Waals surface area contributed by atoms with E-state index in [0.29, 0.717) is 19.4 Å². The van der Waals surface area contributed by atoms with Crippen LogP contribution in [0.15, 0.2) is 0 Å². The van der Waals surface area contributed by atoms with Gasteiger partial charge in [0.05, 0.1) is 18.6 Å². The number of hydrogen-bond acceptors (Lipinski definition) is 3. The summed E-state index contributed by atoms with van der Waals surface area (Å²) in [5, 5.41) is 11.3. The Kier molecular flexibility index (Phi) is 3.88. The number of carboxylic acid groups (broad SMARTS) is 1. The lowest BCUT2D eigenvalue weighted by molar-refractivity contribution is -0.148.